The quantitative estimate of drug-likeness (QED) is 0.826. The fourth-order valence-electron chi connectivity index (χ4n) is 1.70. The molecule has 0 aliphatic carbocycles. The zero-order chi connectivity index (χ0) is 13.1. The zero-order valence-electron chi connectivity index (χ0n) is 10.6. The second-order valence-corrected chi connectivity index (χ2v) is 4.73. The molecule has 2 atom stereocenters. The summed E-state index contributed by atoms with van der Waals surface area (Å²) in [6, 6.07) is 7.48. The van der Waals surface area contributed by atoms with Gasteiger partial charge in [0.25, 0.3) is 0 Å². The van der Waals surface area contributed by atoms with Crippen molar-refractivity contribution in [3.63, 3.8) is 0 Å². The normalized spacial score (nSPS) is 16.2. The van der Waals surface area contributed by atoms with Gasteiger partial charge in [-0.15, -0.1) is 0 Å². The summed E-state index contributed by atoms with van der Waals surface area (Å²) in [4.78, 5) is 11.2. The molecule has 0 radical (unpaired) electrons. The van der Waals surface area contributed by atoms with Crippen molar-refractivity contribution in [1.82, 2.24) is 0 Å². The van der Waals surface area contributed by atoms with Crippen LogP contribution in [0.2, 0.25) is 0 Å². The molecule has 0 saturated carbocycles. The number of aliphatic hydroxyl groups excluding tert-OH is 1. The van der Waals surface area contributed by atoms with Crippen LogP contribution in [0.5, 0.6) is 0 Å². The van der Waals surface area contributed by atoms with Gasteiger partial charge in [-0.3, -0.25) is 4.79 Å². The van der Waals surface area contributed by atoms with E-state index in [1.165, 1.54) is 12.5 Å². The number of hydrogen-bond donors (Lipinski definition) is 2. The van der Waals surface area contributed by atoms with Crippen LogP contribution in [0.15, 0.2) is 24.3 Å². The van der Waals surface area contributed by atoms with Gasteiger partial charge in [0.1, 0.15) is 5.41 Å². The van der Waals surface area contributed by atoms with E-state index < -0.39 is 18.0 Å². The number of carboxylic acid groups (broad SMARTS) is 1. The number of aliphatic carboxylic acids is 1. The highest BCUT2D eigenvalue weighted by Gasteiger charge is 2.34. The highest BCUT2D eigenvalue weighted by molar-refractivity contribution is 5.81. The van der Waals surface area contributed by atoms with E-state index in [-0.39, 0.29) is 0 Å². The minimum Gasteiger partial charge on any atom is -0.481 e. The molecule has 0 heterocycles. The molecule has 1 aromatic rings. The fraction of sp³-hybridized carbons (Fsp3) is 0.500. The largest absolute Gasteiger partial charge is 0.481 e. The molecule has 0 fully saturated rings. The molecule has 1 aromatic carbocycles. The van der Waals surface area contributed by atoms with Crippen LogP contribution >= 0.6 is 0 Å². The molecule has 1 rings (SSSR count). The Morgan fingerprint density at radius 3 is 2.24 bits per heavy atom. The van der Waals surface area contributed by atoms with Gasteiger partial charge in [-0.2, -0.15) is 0 Å². The van der Waals surface area contributed by atoms with Crippen LogP contribution in [0, 0.1) is 0 Å². The number of carboxylic acids is 1. The van der Waals surface area contributed by atoms with Gasteiger partial charge in [-0.05, 0) is 30.4 Å². The minimum absolute atomic E-state index is 0.398. The zero-order valence-corrected chi connectivity index (χ0v) is 10.6. The van der Waals surface area contributed by atoms with E-state index in [2.05, 4.69) is 13.8 Å². The van der Waals surface area contributed by atoms with Crippen LogP contribution in [0.1, 0.15) is 44.2 Å². The van der Waals surface area contributed by atoms with Crippen molar-refractivity contribution in [2.45, 2.75) is 38.5 Å². The van der Waals surface area contributed by atoms with Crippen molar-refractivity contribution in [3.8, 4) is 0 Å². The van der Waals surface area contributed by atoms with E-state index in [1.807, 2.05) is 12.1 Å². The average molecular weight is 236 g/mol. The van der Waals surface area contributed by atoms with E-state index in [9.17, 15) is 9.90 Å². The Hall–Kier alpha value is -1.35. The maximum Gasteiger partial charge on any atom is 0.316 e. The van der Waals surface area contributed by atoms with Crippen molar-refractivity contribution in [3.05, 3.63) is 35.4 Å². The third-order valence-electron chi connectivity index (χ3n) is 3.52. The van der Waals surface area contributed by atoms with E-state index in [4.69, 9.17) is 5.11 Å². The fourth-order valence-corrected chi connectivity index (χ4v) is 1.70. The number of hydrogen-bond acceptors (Lipinski definition) is 2. The molecular formula is C14H20O3. The molecular weight excluding hydrogens is 216 g/mol. The summed E-state index contributed by atoms with van der Waals surface area (Å²) in [5.74, 6) is -0.537. The van der Waals surface area contributed by atoms with E-state index in [0.717, 1.165) is 6.42 Å². The Labute approximate surface area is 102 Å². The predicted molar refractivity (Wildman–Crippen MR) is 67.2 cm³/mol. The van der Waals surface area contributed by atoms with E-state index >= 15 is 0 Å². The average Bonchev–Trinajstić information content (AvgIpc) is 2.36. The summed E-state index contributed by atoms with van der Waals surface area (Å²) in [6.45, 7) is 5.39. The lowest BCUT2D eigenvalue weighted by Gasteiger charge is -2.23. The molecule has 2 unspecified atom stereocenters. The summed E-state index contributed by atoms with van der Waals surface area (Å²) < 4.78 is 0. The Bertz CT molecular complexity index is 383. The molecule has 94 valence electrons. The summed E-state index contributed by atoms with van der Waals surface area (Å²) in [6.07, 6.45) is 1.05. The molecule has 2 N–H and O–H groups in total. The SMILES string of the molecule is CCC(C)c1ccc(C(C)(CO)C(=O)O)cc1. The van der Waals surface area contributed by atoms with Crippen molar-refractivity contribution >= 4 is 5.97 Å². The minimum atomic E-state index is -1.21. The van der Waals surface area contributed by atoms with E-state index in [0.29, 0.717) is 11.5 Å². The topological polar surface area (TPSA) is 57.5 Å². The van der Waals surface area contributed by atoms with Crippen molar-refractivity contribution in [2.24, 2.45) is 0 Å². The highest BCUT2D eigenvalue weighted by atomic mass is 16.4. The predicted octanol–water partition coefficient (Wildman–Crippen LogP) is 2.53. The van der Waals surface area contributed by atoms with Gasteiger partial charge in [-0.1, -0.05) is 38.1 Å². The molecule has 17 heavy (non-hydrogen) atoms. The van der Waals surface area contributed by atoms with Gasteiger partial charge >= 0.3 is 5.97 Å². The third-order valence-corrected chi connectivity index (χ3v) is 3.52. The van der Waals surface area contributed by atoms with Crippen LogP contribution in [0.3, 0.4) is 0 Å². The molecule has 0 spiro atoms. The second kappa shape index (κ2) is 5.32. The Morgan fingerprint density at radius 1 is 1.35 bits per heavy atom. The first-order valence-electron chi connectivity index (χ1n) is 5.90. The Morgan fingerprint density at radius 2 is 1.88 bits per heavy atom. The monoisotopic (exact) mass is 236 g/mol. The highest BCUT2D eigenvalue weighted by Crippen LogP contribution is 2.26. The lowest BCUT2D eigenvalue weighted by atomic mass is 9.82. The molecule has 3 nitrogen and oxygen atoms in total. The third kappa shape index (κ3) is 2.67. The lowest BCUT2D eigenvalue weighted by Crippen LogP contribution is -2.36. The summed E-state index contributed by atoms with van der Waals surface area (Å²) in [7, 11) is 0. The van der Waals surface area contributed by atoms with Gasteiger partial charge in [-0.25, -0.2) is 0 Å². The molecule has 0 saturated heterocycles. The first kappa shape index (κ1) is 13.7. The van der Waals surface area contributed by atoms with Crippen LogP contribution in [0.4, 0.5) is 0 Å². The van der Waals surface area contributed by atoms with Crippen LogP contribution < -0.4 is 0 Å². The van der Waals surface area contributed by atoms with Crippen LogP contribution in [-0.4, -0.2) is 22.8 Å². The van der Waals surface area contributed by atoms with Gasteiger partial charge in [0.05, 0.1) is 6.61 Å². The molecule has 0 bridgehead atoms. The van der Waals surface area contributed by atoms with Crippen LogP contribution in [0.25, 0.3) is 0 Å². The second-order valence-electron chi connectivity index (χ2n) is 4.73. The van der Waals surface area contributed by atoms with Crippen molar-refractivity contribution < 1.29 is 15.0 Å². The van der Waals surface area contributed by atoms with Crippen LogP contribution in [-0.2, 0) is 10.2 Å². The van der Waals surface area contributed by atoms with Crippen molar-refractivity contribution in [1.29, 1.82) is 0 Å². The molecule has 0 aromatic heterocycles. The summed E-state index contributed by atoms with van der Waals surface area (Å²) >= 11 is 0. The maximum absolute atomic E-state index is 11.2. The van der Waals surface area contributed by atoms with E-state index in [1.54, 1.807) is 12.1 Å². The number of aliphatic hydroxyl groups is 1. The number of benzene rings is 1. The lowest BCUT2D eigenvalue weighted by molar-refractivity contribution is -0.144. The molecule has 0 aliphatic heterocycles. The molecule has 0 aliphatic rings. The first-order chi connectivity index (χ1) is 7.95. The van der Waals surface area contributed by atoms with Gasteiger partial charge in [0.2, 0.25) is 0 Å². The molecule has 0 amide bonds. The number of carbonyl (C=O) groups is 1. The standard InChI is InChI=1S/C14H20O3/c1-4-10(2)11-5-7-12(8-6-11)14(3,9-15)13(16)17/h5-8,10,15H,4,9H2,1-3H3,(H,16,17). The Kier molecular flexibility index (Phi) is 4.29. The molecule has 3 heteroatoms. The van der Waals surface area contributed by atoms with Gasteiger partial charge in [0.15, 0.2) is 0 Å². The summed E-state index contributed by atoms with van der Waals surface area (Å²) in [5, 5.41) is 18.4. The van der Waals surface area contributed by atoms with Gasteiger partial charge in [0, 0.05) is 0 Å². The van der Waals surface area contributed by atoms with Gasteiger partial charge < -0.3 is 10.2 Å². The summed E-state index contributed by atoms with van der Waals surface area (Å²) in [5.41, 5.74) is 0.620. The Balaban J connectivity index is 3.05. The smallest absolute Gasteiger partial charge is 0.316 e. The number of rotatable bonds is 5. The first-order valence-corrected chi connectivity index (χ1v) is 5.90. The van der Waals surface area contributed by atoms with Crippen molar-refractivity contribution in [2.75, 3.05) is 6.61 Å². The maximum atomic E-state index is 11.2.